The lowest BCUT2D eigenvalue weighted by molar-refractivity contribution is -0.122. The number of amides is 1. The van der Waals surface area contributed by atoms with E-state index in [1.807, 2.05) is 30.3 Å². The van der Waals surface area contributed by atoms with Crippen LogP contribution in [0.5, 0.6) is 5.75 Å². The first-order valence-corrected chi connectivity index (χ1v) is 10.5. The topological polar surface area (TPSA) is 61.8 Å². The molecule has 1 aliphatic rings. The highest BCUT2D eigenvalue weighted by Gasteiger charge is 2.31. The van der Waals surface area contributed by atoms with Crippen molar-refractivity contribution in [2.75, 3.05) is 26.2 Å². The molecule has 7 heteroatoms. The second kappa shape index (κ2) is 10.3. The molecule has 5 nitrogen and oxygen atoms in total. The first kappa shape index (κ1) is 21.9. The molecule has 1 atom stereocenters. The molecular weight excluding hydrogens is 411 g/mol. The zero-order valence-electron chi connectivity index (χ0n) is 16.2. The number of aliphatic hydroxyl groups is 1. The van der Waals surface area contributed by atoms with Crippen molar-refractivity contribution in [2.45, 2.75) is 31.4 Å². The Morgan fingerprint density at radius 3 is 2.66 bits per heavy atom. The van der Waals surface area contributed by atoms with E-state index in [4.69, 9.17) is 27.9 Å². The Balaban J connectivity index is 1.44. The summed E-state index contributed by atoms with van der Waals surface area (Å²) < 4.78 is 5.75. The number of hydrogen-bond donors (Lipinski definition) is 2. The normalized spacial score (nSPS) is 20.1. The highest BCUT2D eigenvalue weighted by Crippen LogP contribution is 2.28. The van der Waals surface area contributed by atoms with Crippen molar-refractivity contribution >= 4 is 29.1 Å². The van der Waals surface area contributed by atoms with Crippen molar-refractivity contribution in [3.8, 4) is 5.75 Å². The Morgan fingerprint density at radius 2 is 1.90 bits per heavy atom. The summed E-state index contributed by atoms with van der Waals surface area (Å²) in [6.07, 6.45) is 1.96. The molecule has 0 bridgehead atoms. The molecule has 29 heavy (non-hydrogen) atoms. The minimum absolute atomic E-state index is 0.00801. The fraction of sp³-hybridized carbons (Fsp3) is 0.409. The van der Waals surface area contributed by atoms with Gasteiger partial charge in [-0.3, -0.25) is 9.69 Å². The number of likely N-dealkylation sites (tertiary alicyclic amines) is 1. The van der Waals surface area contributed by atoms with Gasteiger partial charge >= 0.3 is 0 Å². The Hall–Kier alpha value is -1.79. The Bertz CT molecular complexity index is 819. The molecule has 1 amide bonds. The molecule has 0 radical (unpaired) electrons. The van der Waals surface area contributed by atoms with Crippen LogP contribution in [0.1, 0.15) is 24.8 Å². The van der Waals surface area contributed by atoms with Gasteiger partial charge in [0.05, 0.1) is 22.2 Å². The lowest BCUT2D eigenvalue weighted by Gasteiger charge is -2.27. The number of halogens is 2. The molecule has 156 valence electrons. The number of hydrogen-bond acceptors (Lipinski definition) is 4. The summed E-state index contributed by atoms with van der Waals surface area (Å²) in [6.45, 7) is 2.44. The highest BCUT2D eigenvalue weighted by atomic mass is 35.5. The van der Waals surface area contributed by atoms with Crippen LogP contribution in [0.4, 0.5) is 0 Å². The molecule has 3 rings (SSSR count). The summed E-state index contributed by atoms with van der Waals surface area (Å²) in [5.41, 5.74) is 0.145. The second-order valence-corrected chi connectivity index (χ2v) is 8.30. The molecule has 1 heterocycles. The molecule has 1 fully saturated rings. The molecule has 1 saturated heterocycles. The fourth-order valence-electron chi connectivity index (χ4n) is 3.38. The van der Waals surface area contributed by atoms with Gasteiger partial charge in [0.1, 0.15) is 12.4 Å². The lowest BCUT2D eigenvalue weighted by atomic mass is 9.96. The number of ether oxygens (including phenoxy) is 1. The maximum Gasteiger partial charge on any atom is 0.234 e. The average Bonchev–Trinajstić information content (AvgIpc) is 2.90. The van der Waals surface area contributed by atoms with Gasteiger partial charge in [-0.05, 0) is 43.5 Å². The first-order valence-electron chi connectivity index (χ1n) is 9.77. The van der Waals surface area contributed by atoms with Gasteiger partial charge in [-0.1, -0.05) is 53.5 Å². The predicted molar refractivity (Wildman–Crippen MR) is 115 cm³/mol. The summed E-state index contributed by atoms with van der Waals surface area (Å²) >= 11 is 11.9. The lowest BCUT2D eigenvalue weighted by Crippen LogP contribution is -2.40. The fourth-order valence-corrected chi connectivity index (χ4v) is 3.67. The Labute approximate surface area is 181 Å². The van der Waals surface area contributed by atoms with E-state index in [1.54, 1.807) is 18.2 Å². The number of rotatable bonds is 7. The van der Waals surface area contributed by atoms with Crippen molar-refractivity contribution in [3.63, 3.8) is 0 Å². The third-order valence-electron chi connectivity index (χ3n) is 5.11. The Kier molecular flexibility index (Phi) is 7.78. The van der Waals surface area contributed by atoms with E-state index in [0.717, 1.165) is 18.5 Å². The van der Waals surface area contributed by atoms with Gasteiger partial charge in [-0.2, -0.15) is 0 Å². The highest BCUT2D eigenvalue weighted by molar-refractivity contribution is 6.42. The standard InChI is InChI=1S/C22H26Cl2N2O3/c23-19-8-7-18(13-20(19)24)29-16-22(28)9-4-11-26(12-10-22)15-21(27)25-14-17-5-2-1-3-6-17/h1-3,5-8,13,28H,4,9-12,14-16H2,(H,25,27)/t22-/m0/s1. The van der Waals surface area contributed by atoms with Crippen LogP contribution in [-0.2, 0) is 11.3 Å². The molecule has 0 aromatic heterocycles. The van der Waals surface area contributed by atoms with E-state index >= 15 is 0 Å². The van der Waals surface area contributed by atoms with Gasteiger partial charge in [-0.15, -0.1) is 0 Å². The maximum atomic E-state index is 12.3. The number of benzene rings is 2. The van der Waals surface area contributed by atoms with Crippen molar-refractivity contribution in [2.24, 2.45) is 0 Å². The summed E-state index contributed by atoms with van der Waals surface area (Å²) in [4.78, 5) is 14.3. The van der Waals surface area contributed by atoms with Gasteiger partial charge in [0.15, 0.2) is 0 Å². The third kappa shape index (κ3) is 6.89. The summed E-state index contributed by atoms with van der Waals surface area (Å²) in [7, 11) is 0. The summed E-state index contributed by atoms with van der Waals surface area (Å²) in [5.74, 6) is 0.570. The minimum atomic E-state index is -0.929. The molecule has 0 unspecified atom stereocenters. The van der Waals surface area contributed by atoms with Crippen LogP contribution in [0.25, 0.3) is 0 Å². The number of carbonyl (C=O) groups excluding carboxylic acids is 1. The zero-order valence-corrected chi connectivity index (χ0v) is 17.8. The second-order valence-electron chi connectivity index (χ2n) is 7.48. The molecule has 0 spiro atoms. The van der Waals surface area contributed by atoms with Crippen molar-refractivity contribution in [1.82, 2.24) is 10.2 Å². The van der Waals surface area contributed by atoms with Crippen LogP contribution in [0, 0.1) is 0 Å². The summed E-state index contributed by atoms with van der Waals surface area (Å²) in [5, 5.41) is 14.8. The predicted octanol–water partition coefficient (Wildman–Crippen LogP) is 3.91. The molecule has 2 N–H and O–H groups in total. The molecule has 0 aliphatic carbocycles. The van der Waals surface area contributed by atoms with Crippen LogP contribution in [0.2, 0.25) is 10.0 Å². The number of carbonyl (C=O) groups is 1. The SMILES string of the molecule is O=C(CN1CCC[C@@](O)(COc2ccc(Cl)c(Cl)c2)CC1)NCc1ccccc1. The van der Waals surface area contributed by atoms with Crippen molar-refractivity contribution < 1.29 is 14.6 Å². The number of nitrogens with zero attached hydrogens (tertiary/aromatic N) is 1. The van der Waals surface area contributed by atoms with Crippen LogP contribution in [0.15, 0.2) is 48.5 Å². The van der Waals surface area contributed by atoms with Crippen molar-refractivity contribution in [3.05, 3.63) is 64.1 Å². The van der Waals surface area contributed by atoms with Gasteiger partial charge < -0.3 is 15.2 Å². The molecule has 2 aromatic rings. The van der Waals surface area contributed by atoms with Gasteiger partial charge in [-0.25, -0.2) is 0 Å². The molecule has 2 aromatic carbocycles. The zero-order chi connectivity index (χ0) is 20.7. The molecule has 0 saturated carbocycles. The van der Waals surface area contributed by atoms with Gasteiger partial charge in [0, 0.05) is 19.2 Å². The van der Waals surface area contributed by atoms with Crippen LogP contribution < -0.4 is 10.1 Å². The van der Waals surface area contributed by atoms with Gasteiger partial charge in [0.25, 0.3) is 0 Å². The molecule has 1 aliphatic heterocycles. The maximum absolute atomic E-state index is 12.3. The van der Waals surface area contributed by atoms with E-state index in [2.05, 4.69) is 10.2 Å². The van der Waals surface area contributed by atoms with E-state index < -0.39 is 5.60 Å². The average molecular weight is 437 g/mol. The quantitative estimate of drug-likeness (QED) is 0.690. The third-order valence-corrected chi connectivity index (χ3v) is 5.85. The monoisotopic (exact) mass is 436 g/mol. The van der Waals surface area contributed by atoms with E-state index in [0.29, 0.717) is 48.3 Å². The van der Waals surface area contributed by atoms with E-state index in [-0.39, 0.29) is 12.5 Å². The van der Waals surface area contributed by atoms with E-state index in [9.17, 15) is 9.90 Å². The van der Waals surface area contributed by atoms with Crippen molar-refractivity contribution in [1.29, 1.82) is 0 Å². The smallest absolute Gasteiger partial charge is 0.234 e. The number of nitrogens with one attached hydrogen (secondary N) is 1. The van der Waals surface area contributed by atoms with Crippen LogP contribution in [0.3, 0.4) is 0 Å². The largest absolute Gasteiger partial charge is 0.491 e. The Morgan fingerprint density at radius 1 is 1.10 bits per heavy atom. The van der Waals surface area contributed by atoms with Crippen LogP contribution in [-0.4, -0.2) is 47.8 Å². The van der Waals surface area contributed by atoms with Crippen LogP contribution >= 0.6 is 23.2 Å². The summed E-state index contributed by atoms with van der Waals surface area (Å²) in [6, 6.07) is 14.9. The van der Waals surface area contributed by atoms with Gasteiger partial charge in [0.2, 0.25) is 5.91 Å². The molecular formula is C22H26Cl2N2O3. The first-order chi connectivity index (χ1) is 13.9. The minimum Gasteiger partial charge on any atom is -0.491 e. The van der Waals surface area contributed by atoms with E-state index in [1.165, 1.54) is 0 Å².